The molecular weight excluding hydrogens is 202 g/mol. The Morgan fingerprint density at radius 3 is 1.80 bits per heavy atom. The molecule has 0 saturated heterocycles. The minimum Gasteiger partial charge on any atom is -0.306 e. The van der Waals surface area contributed by atoms with Gasteiger partial charge in [-0.2, -0.15) is 12.6 Å². The average Bonchev–Trinajstić information content (AvgIpc) is 1.94. The number of hydrogen-bond acceptors (Lipinski definition) is 2. The lowest BCUT2D eigenvalue weighted by molar-refractivity contribution is 0.153. The maximum atomic E-state index is 4.47. The van der Waals surface area contributed by atoms with Crippen molar-refractivity contribution in [3.8, 4) is 0 Å². The Bertz CT molecular complexity index is 176. The Morgan fingerprint density at radius 1 is 1.07 bits per heavy atom. The monoisotopic (exact) mass is 231 g/mol. The minimum absolute atomic E-state index is 0.355. The molecule has 0 bridgehead atoms. The first-order valence-corrected chi connectivity index (χ1v) is 6.49. The van der Waals surface area contributed by atoms with Gasteiger partial charge in [-0.25, -0.2) is 0 Å². The molecule has 15 heavy (non-hydrogen) atoms. The van der Waals surface area contributed by atoms with Crippen LogP contribution in [0.5, 0.6) is 0 Å². The van der Waals surface area contributed by atoms with Crippen LogP contribution in [0.4, 0.5) is 0 Å². The summed E-state index contributed by atoms with van der Waals surface area (Å²) in [6, 6.07) is 0. The minimum atomic E-state index is 0.355. The first kappa shape index (κ1) is 15.3. The van der Waals surface area contributed by atoms with E-state index < -0.39 is 0 Å². The van der Waals surface area contributed by atoms with E-state index in [0.717, 1.165) is 18.8 Å². The molecule has 1 nitrogen and oxygen atoms in total. The van der Waals surface area contributed by atoms with Gasteiger partial charge in [0.1, 0.15) is 0 Å². The molecule has 0 radical (unpaired) electrons. The van der Waals surface area contributed by atoms with Gasteiger partial charge in [0.25, 0.3) is 0 Å². The van der Waals surface area contributed by atoms with Gasteiger partial charge in [0, 0.05) is 13.1 Å². The van der Waals surface area contributed by atoms with Gasteiger partial charge < -0.3 is 4.90 Å². The summed E-state index contributed by atoms with van der Waals surface area (Å²) in [7, 11) is 2.22. The van der Waals surface area contributed by atoms with Crippen LogP contribution >= 0.6 is 12.6 Å². The van der Waals surface area contributed by atoms with Crippen molar-refractivity contribution in [3.05, 3.63) is 0 Å². The predicted molar refractivity (Wildman–Crippen MR) is 73.8 cm³/mol. The second-order valence-electron chi connectivity index (χ2n) is 7.00. The maximum Gasteiger partial charge on any atom is 0.00271 e. The summed E-state index contributed by atoms with van der Waals surface area (Å²) < 4.78 is 0. The Hall–Kier alpha value is 0.310. The van der Waals surface area contributed by atoms with Gasteiger partial charge in [-0.15, -0.1) is 0 Å². The van der Waals surface area contributed by atoms with E-state index in [0.29, 0.717) is 16.7 Å². The SMILES string of the molecule is CN(CC(CS)C(C)(C)C)CC(C)(C)C. The summed E-state index contributed by atoms with van der Waals surface area (Å²) in [5.74, 6) is 1.63. The Kier molecular flexibility index (Phi) is 5.70. The van der Waals surface area contributed by atoms with Gasteiger partial charge >= 0.3 is 0 Å². The van der Waals surface area contributed by atoms with Crippen LogP contribution in [0.25, 0.3) is 0 Å². The zero-order valence-corrected chi connectivity index (χ0v) is 12.5. The van der Waals surface area contributed by atoms with Crippen LogP contribution in [0.3, 0.4) is 0 Å². The van der Waals surface area contributed by atoms with E-state index in [4.69, 9.17) is 0 Å². The number of hydrogen-bond donors (Lipinski definition) is 1. The van der Waals surface area contributed by atoms with Crippen LogP contribution in [0.1, 0.15) is 41.5 Å². The molecule has 0 saturated carbocycles. The van der Waals surface area contributed by atoms with Gasteiger partial charge in [0.05, 0.1) is 0 Å². The first-order chi connectivity index (χ1) is 6.56. The Labute approximate surface area is 102 Å². The molecule has 0 heterocycles. The highest BCUT2D eigenvalue weighted by molar-refractivity contribution is 7.80. The fraction of sp³-hybridized carbons (Fsp3) is 1.00. The summed E-state index contributed by atoms with van der Waals surface area (Å²) in [6.07, 6.45) is 0. The van der Waals surface area contributed by atoms with Crippen molar-refractivity contribution in [2.24, 2.45) is 16.7 Å². The van der Waals surface area contributed by atoms with Crippen LogP contribution < -0.4 is 0 Å². The fourth-order valence-corrected chi connectivity index (χ4v) is 2.52. The van der Waals surface area contributed by atoms with Crippen LogP contribution in [0, 0.1) is 16.7 Å². The molecule has 2 heteroatoms. The van der Waals surface area contributed by atoms with Gasteiger partial charge in [0.2, 0.25) is 0 Å². The molecule has 0 aromatic carbocycles. The molecule has 0 aromatic rings. The fourth-order valence-electron chi connectivity index (χ4n) is 1.86. The zero-order chi connectivity index (χ0) is 12.3. The van der Waals surface area contributed by atoms with Crippen molar-refractivity contribution in [2.45, 2.75) is 41.5 Å². The van der Waals surface area contributed by atoms with E-state index >= 15 is 0 Å². The van der Waals surface area contributed by atoms with Gasteiger partial charge in [-0.3, -0.25) is 0 Å². The van der Waals surface area contributed by atoms with Crippen LogP contribution in [0.2, 0.25) is 0 Å². The predicted octanol–water partition coefficient (Wildman–Crippen LogP) is 3.56. The van der Waals surface area contributed by atoms with Crippen molar-refractivity contribution in [1.29, 1.82) is 0 Å². The largest absolute Gasteiger partial charge is 0.306 e. The lowest BCUT2D eigenvalue weighted by atomic mass is 9.81. The van der Waals surface area contributed by atoms with Gasteiger partial charge in [0.15, 0.2) is 0 Å². The Balaban J connectivity index is 4.20. The topological polar surface area (TPSA) is 3.24 Å². The highest BCUT2D eigenvalue weighted by atomic mass is 32.1. The van der Waals surface area contributed by atoms with E-state index in [2.05, 4.69) is 66.1 Å². The standard InChI is InChI=1S/C13H29NS/c1-12(2,3)10-14(7)8-11(9-15)13(4,5)6/h11,15H,8-10H2,1-7H3. The van der Waals surface area contributed by atoms with Crippen molar-refractivity contribution in [2.75, 3.05) is 25.9 Å². The lowest BCUT2D eigenvalue weighted by Gasteiger charge is -2.35. The molecule has 0 aromatic heterocycles. The lowest BCUT2D eigenvalue weighted by Crippen LogP contribution is -2.38. The quantitative estimate of drug-likeness (QED) is 0.724. The summed E-state index contributed by atoms with van der Waals surface area (Å²) in [5.41, 5.74) is 0.738. The van der Waals surface area contributed by atoms with E-state index in [9.17, 15) is 0 Å². The molecule has 0 fully saturated rings. The molecule has 0 aliphatic rings. The van der Waals surface area contributed by atoms with Gasteiger partial charge in [-0.05, 0) is 29.5 Å². The van der Waals surface area contributed by atoms with E-state index in [1.807, 2.05) is 0 Å². The average molecular weight is 231 g/mol. The molecule has 0 amide bonds. The molecule has 0 aliphatic carbocycles. The van der Waals surface area contributed by atoms with E-state index in [1.54, 1.807) is 0 Å². The van der Waals surface area contributed by atoms with Gasteiger partial charge in [-0.1, -0.05) is 41.5 Å². The van der Waals surface area contributed by atoms with E-state index in [-0.39, 0.29) is 0 Å². The molecule has 0 N–H and O–H groups in total. The third-order valence-corrected chi connectivity index (χ3v) is 3.16. The third-order valence-electron chi connectivity index (χ3n) is 2.72. The molecule has 0 rings (SSSR count). The normalized spacial score (nSPS) is 15.8. The maximum absolute atomic E-state index is 4.47. The van der Waals surface area contributed by atoms with Crippen molar-refractivity contribution < 1.29 is 0 Å². The Morgan fingerprint density at radius 2 is 1.53 bits per heavy atom. The number of rotatable bonds is 4. The molecule has 1 atom stereocenters. The van der Waals surface area contributed by atoms with Crippen molar-refractivity contribution >= 4 is 12.6 Å². The smallest absolute Gasteiger partial charge is 0.00271 e. The molecule has 0 aliphatic heterocycles. The van der Waals surface area contributed by atoms with Crippen LogP contribution in [-0.2, 0) is 0 Å². The summed E-state index contributed by atoms with van der Waals surface area (Å²) in [4.78, 5) is 2.44. The number of thiol groups is 1. The first-order valence-electron chi connectivity index (χ1n) is 5.85. The molecule has 0 spiro atoms. The van der Waals surface area contributed by atoms with Crippen molar-refractivity contribution in [1.82, 2.24) is 4.90 Å². The van der Waals surface area contributed by atoms with Crippen LogP contribution in [-0.4, -0.2) is 30.8 Å². The molecule has 92 valence electrons. The molecular formula is C13H29NS. The second-order valence-corrected chi connectivity index (χ2v) is 7.37. The summed E-state index contributed by atoms with van der Waals surface area (Å²) in [5, 5.41) is 0. The van der Waals surface area contributed by atoms with Crippen molar-refractivity contribution in [3.63, 3.8) is 0 Å². The molecule has 1 unspecified atom stereocenters. The highest BCUT2D eigenvalue weighted by Gasteiger charge is 2.25. The third kappa shape index (κ3) is 7.24. The summed E-state index contributed by atoms with van der Waals surface area (Å²) in [6.45, 7) is 16.1. The van der Waals surface area contributed by atoms with E-state index in [1.165, 1.54) is 0 Å². The summed E-state index contributed by atoms with van der Waals surface area (Å²) >= 11 is 4.47. The highest BCUT2D eigenvalue weighted by Crippen LogP contribution is 2.28. The zero-order valence-electron chi connectivity index (χ0n) is 11.6. The second kappa shape index (κ2) is 5.58. The van der Waals surface area contributed by atoms with Crippen LogP contribution in [0.15, 0.2) is 0 Å². The number of nitrogens with zero attached hydrogens (tertiary/aromatic N) is 1.